The van der Waals surface area contributed by atoms with Gasteiger partial charge in [0.05, 0.1) is 24.5 Å². The lowest BCUT2D eigenvalue weighted by Gasteiger charge is -2.24. The van der Waals surface area contributed by atoms with Gasteiger partial charge < -0.3 is 15.2 Å². The Hall–Kier alpha value is -2.15. The Morgan fingerprint density at radius 2 is 1.92 bits per heavy atom. The first-order valence-electron chi connectivity index (χ1n) is 8.83. The van der Waals surface area contributed by atoms with E-state index in [0.29, 0.717) is 29.3 Å². The molecule has 0 saturated carbocycles. The van der Waals surface area contributed by atoms with Crippen LogP contribution in [0.25, 0.3) is 0 Å². The van der Waals surface area contributed by atoms with Crippen LogP contribution >= 0.6 is 11.3 Å². The minimum Gasteiger partial charge on any atom is -0.481 e. The maximum atomic E-state index is 12.8. The summed E-state index contributed by atoms with van der Waals surface area (Å²) in [6, 6.07) is 0. The summed E-state index contributed by atoms with van der Waals surface area (Å²) in [5, 5.41) is 12.7. The molecule has 26 heavy (non-hydrogen) atoms. The number of ether oxygens (including phenoxy) is 1. The van der Waals surface area contributed by atoms with Gasteiger partial charge in [0, 0.05) is 4.88 Å². The third-order valence-corrected chi connectivity index (χ3v) is 6.39. The van der Waals surface area contributed by atoms with Crippen molar-refractivity contribution in [2.45, 2.75) is 39.0 Å². The van der Waals surface area contributed by atoms with Crippen molar-refractivity contribution < 1.29 is 24.2 Å². The van der Waals surface area contributed by atoms with E-state index in [-0.39, 0.29) is 5.91 Å². The minimum absolute atomic E-state index is 0.343. The summed E-state index contributed by atoms with van der Waals surface area (Å²) in [4.78, 5) is 37.6. The highest BCUT2D eigenvalue weighted by Crippen LogP contribution is 2.40. The predicted octanol–water partition coefficient (Wildman–Crippen LogP) is 3.27. The molecule has 2 aliphatic carbocycles. The normalized spacial score (nSPS) is 24.6. The Morgan fingerprint density at radius 3 is 2.58 bits per heavy atom. The lowest BCUT2D eigenvalue weighted by atomic mass is 9.82. The monoisotopic (exact) mass is 377 g/mol. The van der Waals surface area contributed by atoms with E-state index in [4.69, 9.17) is 4.74 Å². The number of allylic oxidation sites excluding steroid dienone is 2. The molecule has 0 aromatic carbocycles. The van der Waals surface area contributed by atoms with Gasteiger partial charge in [-0.1, -0.05) is 19.1 Å². The highest BCUT2D eigenvalue weighted by Gasteiger charge is 2.36. The number of nitrogens with one attached hydrogen (secondary N) is 1. The predicted molar refractivity (Wildman–Crippen MR) is 98.5 cm³/mol. The zero-order valence-corrected chi connectivity index (χ0v) is 15.7. The molecular weight excluding hydrogens is 354 g/mol. The van der Waals surface area contributed by atoms with Gasteiger partial charge in [-0.05, 0) is 43.6 Å². The van der Waals surface area contributed by atoms with Crippen molar-refractivity contribution in [2.75, 3.05) is 12.4 Å². The van der Waals surface area contributed by atoms with Crippen LogP contribution in [0.5, 0.6) is 0 Å². The standard InChI is InChI=1S/C19H23NO5S/c1-10-7-8-13-14(9-10)26-17(15(13)19(24)25-2)20-16(21)11-5-3-4-6-12(11)18(22)23/h3-4,10-12H,5-9H2,1-2H3,(H,20,21)(H,22,23)/t10-,11-,12-/m1/s1. The molecule has 3 rings (SSSR count). The van der Waals surface area contributed by atoms with Gasteiger partial charge in [0.2, 0.25) is 5.91 Å². The number of carboxylic acid groups (broad SMARTS) is 1. The second-order valence-corrected chi connectivity index (χ2v) is 8.14. The van der Waals surface area contributed by atoms with Gasteiger partial charge >= 0.3 is 11.9 Å². The summed E-state index contributed by atoms with van der Waals surface area (Å²) in [6.07, 6.45) is 7.03. The number of rotatable bonds is 4. The highest BCUT2D eigenvalue weighted by atomic mass is 32.1. The summed E-state index contributed by atoms with van der Waals surface area (Å²) in [5.74, 6) is -2.61. The van der Waals surface area contributed by atoms with E-state index < -0.39 is 23.8 Å². The molecule has 7 heteroatoms. The molecule has 0 radical (unpaired) electrons. The third kappa shape index (κ3) is 3.53. The maximum absolute atomic E-state index is 12.8. The smallest absolute Gasteiger partial charge is 0.341 e. The molecule has 0 unspecified atom stereocenters. The number of carbonyl (C=O) groups excluding carboxylic acids is 2. The van der Waals surface area contributed by atoms with E-state index in [2.05, 4.69) is 12.2 Å². The van der Waals surface area contributed by atoms with Crippen LogP contribution in [0.1, 0.15) is 47.0 Å². The van der Waals surface area contributed by atoms with E-state index in [1.807, 2.05) is 6.08 Å². The van der Waals surface area contributed by atoms with Crippen LogP contribution in [0.15, 0.2) is 12.2 Å². The fourth-order valence-electron chi connectivity index (χ4n) is 3.74. The number of thiophene rings is 1. The molecular formula is C19H23NO5S. The number of amides is 1. The second-order valence-electron chi connectivity index (χ2n) is 7.03. The van der Waals surface area contributed by atoms with Crippen LogP contribution in [-0.4, -0.2) is 30.1 Å². The van der Waals surface area contributed by atoms with Crippen LogP contribution < -0.4 is 5.32 Å². The minimum atomic E-state index is -0.970. The first-order valence-corrected chi connectivity index (χ1v) is 9.65. The number of hydrogen-bond acceptors (Lipinski definition) is 5. The topological polar surface area (TPSA) is 92.7 Å². The van der Waals surface area contributed by atoms with E-state index in [9.17, 15) is 19.5 Å². The van der Waals surface area contributed by atoms with Gasteiger partial charge in [-0.15, -0.1) is 11.3 Å². The summed E-state index contributed by atoms with van der Waals surface area (Å²) in [5.41, 5.74) is 1.40. The summed E-state index contributed by atoms with van der Waals surface area (Å²) in [7, 11) is 1.33. The quantitative estimate of drug-likeness (QED) is 0.621. The molecule has 0 saturated heterocycles. The molecule has 0 aliphatic heterocycles. The number of anilines is 1. The third-order valence-electron chi connectivity index (χ3n) is 5.22. The largest absolute Gasteiger partial charge is 0.481 e. The Labute approximate surface area is 156 Å². The van der Waals surface area contributed by atoms with E-state index in [1.54, 1.807) is 6.08 Å². The summed E-state index contributed by atoms with van der Waals surface area (Å²) < 4.78 is 4.93. The molecule has 0 bridgehead atoms. The fourth-order valence-corrected chi connectivity index (χ4v) is 5.14. The summed E-state index contributed by atoms with van der Waals surface area (Å²) >= 11 is 1.41. The molecule has 2 aliphatic rings. The SMILES string of the molecule is COC(=O)c1c(NC(=O)[C@@H]2CC=CC[C@H]2C(=O)O)sc2c1CC[C@@H](C)C2. The van der Waals surface area contributed by atoms with Crippen molar-refractivity contribution in [1.82, 2.24) is 0 Å². The zero-order chi connectivity index (χ0) is 18.8. The van der Waals surface area contributed by atoms with Gasteiger partial charge in [0.1, 0.15) is 5.00 Å². The van der Waals surface area contributed by atoms with E-state index >= 15 is 0 Å². The molecule has 0 fully saturated rings. The molecule has 1 aromatic rings. The van der Waals surface area contributed by atoms with Crippen LogP contribution in [0.4, 0.5) is 5.00 Å². The number of fused-ring (bicyclic) bond motifs is 1. The number of esters is 1. The van der Waals surface area contributed by atoms with E-state index in [0.717, 1.165) is 29.7 Å². The van der Waals surface area contributed by atoms with Crippen molar-refractivity contribution in [3.63, 3.8) is 0 Å². The zero-order valence-electron chi connectivity index (χ0n) is 14.9. The first kappa shape index (κ1) is 18.6. The Morgan fingerprint density at radius 1 is 1.23 bits per heavy atom. The molecule has 140 valence electrons. The molecule has 1 aromatic heterocycles. The molecule has 0 spiro atoms. The van der Waals surface area contributed by atoms with Crippen LogP contribution in [-0.2, 0) is 27.2 Å². The Kier molecular flexibility index (Phi) is 5.46. The maximum Gasteiger partial charge on any atom is 0.341 e. The van der Waals surface area contributed by atoms with Crippen molar-refractivity contribution in [3.8, 4) is 0 Å². The molecule has 3 atom stereocenters. The lowest BCUT2D eigenvalue weighted by molar-refractivity contribution is -0.146. The molecule has 2 N–H and O–H groups in total. The number of hydrogen-bond donors (Lipinski definition) is 2. The van der Waals surface area contributed by atoms with Crippen molar-refractivity contribution in [2.24, 2.45) is 17.8 Å². The number of carbonyl (C=O) groups is 3. The molecule has 6 nitrogen and oxygen atoms in total. The van der Waals surface area contributed by atoms with Gasteiger partial charge in [-0.25, -0.2) is 4.79 Å². The van der Waals surface area contributed by atoms with Gasteiger partial charge in [0.25, 0.3) is 0 Å². The number of methoxy groups -OCH3 is 1. The Bertz CT molecular complexity index is 766. The first-order chi connectivity index (χ1) is 12.4. The fraction of sp³-hybridized carbons (Fsp3) is 0.526. The van der Waals surface area contributed by atoms with Crippen molar-refractivity contribution >= 4 is 34.2 Å². The van der Waals surface area contributed by atoms with Crippen LogP contribution in [0.3, 0.4) is 0 Å². The van der Waals surface area contributed by atoms with Gasteiger partial charge in [-0.3, -0.25) is 9.59 Å². The van der Waals surface area contributed by atoms with Gasteiger partial charge in [-0.2, -0.15) is 0 Å². The molecule has 1 amide bonds. The van der Waals surface area contributed by atoms with Crippen molar-refractivity contribution in [3.05, 3.63) is 28.2 Å². The van der Waals surface area contributed by atoms with Crippen LogP contribution in [0, 0.1) is 17.8 Å². The van der Waals surface area contributed by atoms with Crippen LogP contribution in [0.2, 0.25) is 0 Å². The second kappa shape index (κ2) is 7.61. The summed E-state index contributed by atoms with van der Waals surface area (Å²) in [6.45, 7) is 2.17. The lowest BCUT2D eigenvalue weighted by Crippen LogP contribution is -2.34. The van der Waals surface area contributed by atoms with Gasteiger partial charge in [0.15, 0.2) is 0 Å². The Balaban J connectivity index is 1.89. The molecule has 1 heterocycles. The number of carboxylic acids is 1. The average molecular weight is 377 g/mol. The average Bonchev–Trinajstić information content (AvgIpc) is 2.97. The number of aliphatic carboxylic acids is 1. The van der Waals surface area contributed by atoms with E-state index in [1.165, 1.54) is 18.4 Å². The van der Waals surface area contributed by atoms with Crippen molar-refractivity contribution in [1.29, 1.82) is 0 Å². The highest BCUT2D eigenvalue weighted by molar-refractivity contribution is 7.17.